The van der Waals surface area contributed by atoms with Gasteiger partial charge in [0.05, 0.1) is 24.1 Å². The Morgan fingerprint density at radius 1 is 0.639 bits per heavy atom. The zero-order valence-corrected chi connectivity index (χ0v) is 39.3. The lowest BCUT2D eigenvalue weighted by Crippen LogP contribution is -2.58. The van der Waals surface area contributed by atoms with E-state index in [4.69, 9.17) is 9.29 Å². The fourth-order valence-corrected chi connectivity index (χ4v) is 18.6. The summed E-state index contributed by atoms with van der Waals surface area (Å²) in [4.78, 5) is 26.1. The first-order chi connectivity index (χ1) is 28.7. The van der Waals surface area contributed by atoms with Crippen molar-refractivity contribution in [3.8, 4) is 0 Å². The summed E-state index contributed by atoms with van der Waals surface area (Å²) >= 11 is 0. The summed E-state index contributed by atoms with van der Waals surface area (Å²) < 4.78 is 37.4. The SMILES string of the molecule is C[C@H](CCC(=O)O[C@@H]1CC[C@@]2(C)C(C1)C[C@H](O)[C@H]1C3CC[C@H]([C@H](C)CCC(=O)NCCS(=O)(=O)O)[C@@]3(C)CC[C@@H]12)[C@H]1CCC2[C@@H]3[C@@H](O)CC4C[C@H](O)CC[C@]4(C)[C@H]3CC[C@@]21C. The van der Waals surface area contributed by atoms with Crippen molar-refractivity contribution in [1.82, 2.24) is 5.32 Å². The maximum absolute atomic E-state index is 13.6. The molecule has 0 aliphatic heterocycles. The minimum absolute atomic E-state index is 0.0608. The number of fused-ring (bicyclic) bond motifs is 10. The maximum atomic E-state index is 13.6. The highest BCUT2D eigenvalue weighted by Crippen LogP contribution is 2.70. The number of ether oxygens (including phenoxy) is 1. The Morgan fingerprint density at radius 3 is 1.66 bits per heavy atom. The molecular weight excluding hydrogens is 791 g/mol. The lowest BCUT2D eigenvalue weighted by atomic mass is 9.43. The number of amides is 1. The molecule has 0 radical (unpaired) electrons. The molecule has 348 valence electrons. The minimum Gasteiger partial charge on any atom is -0.462 e. The number of rotatable bonds is 12. The van der Waals surface area contributed by atoms with Crippen LogP contribution in [0.1, 0.15) is 170 Å². The average Bonchev–Trinajstić information content (AvgIpc) is 3.73. The number of nitrogens with one attached hydrogen (secondary N) is 1. The van der Waals surface area contributed by atoms with E-state index in [0.29, 0.717) is 77.9 Å². The van der Waals surface area contributed by atoms with Gasteiger partial charge >= 0.3 is 5.97 Å². The number of aliphatic hydroxyl groups excluding tert-OH is 3. The third kappa shape index (κ3) is 8.43. The van der Waals surface area contributed by atoms with Crippen LogP contribution in [0, 0.1) is 92.7 Å². The summed E-state index contributed by atoms with van der Waals surface area (Å²) in [6.45, 7) is 14.5. The van der Waals surface area contributed by atoms with Crippen LogP contribution < -0.4 is 5.32 Å². The summed E-state index contributed by atoms with van der Waals surface area (Å²) in [6.07, 6.45) is 17.9. The van der Waals surface area contributed by atoms with Crippen molar-refractivity contribution in [2.75, 3.05) is 12.3 Å². The molecule has 8 aliphatic rings. The summed E-state index contributed by atoms with van der Waals surface area (Å²) in [5.41, 5.74) is 0.669. The lowest BCUT2D eigenvalue weighted by Gasteiger charge is -2.62. The fraction of sp³-hybridized carbons (Fsp3) is 0.960. The number of hydrogen-bond acceptors (Lipinski definition) is 8. The first-order valence-corrected chi connectivity index (χ1v) is 26.7. The zero-order valence-electron chi connectivity index (χ0n) is 38.5. The maximum Gasteiger partial charge on any atom is 0.306 e. The van der Waals surface area contributed by atoms with E-state index in [2.05, 4.69) is 46.9 Å². The molecule has 1 amide bonds. The van der Waals surface area contributed by atoms with Crippen molar-refractivity contribution < 1.29 is 42.6 Å². The van der Waals surface area contributed by atoms with E-state index in [-0.39, 0.29) is 70.4 Å². The minimum atomic E-state index is -4.10. The van der Waals surface area contributed by atoms with Gasteiger partial charge in [-0.15, -0.1) is 0 Å². The van der Waals surface area contributed by atoms with Crippen molar-refractivity contribution in [2.45, 2.75) is 194 Å². The molecule has 0 saturated heterocycles. The largest absolute Gasteiger partial charge is 0.462 e. The molecule has 10 nitrogen and oxygen atoms in total. The van der Waals surface area contributed by atoms with E-state index in [0.717, 1.165) is 89.9 Å². The van der Waals surface area contributed by atoms with Crippen molar-refractivity contribution in [3.05, 3.63) is 0 Å². The second-order valence-electron chi connectivity index (χ2n) is 24.0. The molecule has 8 fully saturated rings. The second-order valence-corrected chi connectivity index (χ2v) is 25.6. The first kappa shape index (κ1) is 46.3. The van der Waals surface area contributed by atoms with Crippen molar-refractivity contribution in [3.63, 3.8) is 0 Å². The Hall–Kier alpha value is -1.27. The standard InChI is InChI=1S/C50H83NO9S/c1-29(7-13-43(55)51-23-24-61(57,58)59)35-9-11-38-46-40(18-22-49(35,38)5)48(4)20-16-34(26-32(48)28-42(46)54)60-44(56)14-8-30(2)36-10-12-37-45-39(17-21-50(36,37)6)47(3)19-15-33(52)25-31(47)27-41(45)53/h29-42,45-46,52-54H,7-28H2,1-6H3,(H,51,55)(H,57,58,59)/t29-,30-,31?,32?,33-,34-,35-,36-,37?,38?,39+,40+,41+,42+,45+,46+,47+,48+,49-,50-/m1/s1. The Balaban J connectivity index is 0.817. The van der Waals surface area contributed by atoms with Gasteiger partial charge in [-0.25, -0.2) is 0 Å². The van der Waals surface area contributed by atoms with Crippen molar-refractivity contribution >= 4 is 22.0 Å². The van der Waals surface area contributed by atoms with E-state index in [1.54, 1.807) is 0 Å². The van der Waals surface area contributed by atoms with Gasteiger partial charge in [-0.1, -0.05) is 41.5 Å². The molecule has 8 rings (SSSR count). The second kappa shape index (κ2) is 17.2. The summed E-state index contributed by atoms with van der Waals surface area (Å²) in [7, 11) is -4.10. The number of carbonyl (C=O) groups excluding carboxylic acids is 2. The molecule has 0 aromatic heterocycles. The highest BCUT2D eigenvalue weighted by atomic mass is 32.2. The monoisotopic (exact) mass is 874 g/mol. The van der Waals surface area contributed by atoms with Crippen molar-refractivity contribution in [2.24, 2.45) is 92.7 Å². The van der Waals surface area contributed by atoms with Crippen molar-refractivity contribution in [1.29, 1.82) is 0 Å². The van der Waals surface area contributed by atoms with Gasteiger partial charge in [0.2, 0.25) is 5.91 Å². The van der Waals surface area contributed by atoms with Crippen LogP contribution in [0.5, 0.6) is 0 Å². The third-order valence-corrected chi connectivity index (χ3v) is 22.1. The van der Waals surface area contributed by atoms with Crippen LogP contribution in [-0.4, -0.2) is 76.9 Å². The molecule has 61 heavy (non-hydrogen) atoms. The molecule has 0 bridgehead atoms. The molecule has 5 N–H and O–H groups in total. The normalized spacial score (nSPS) is 48.9. The molecule has 4 unspecified atom stereocenters. The average molecular weight is 874 g/mol. The summed E-state index contributed by atoms with van der Waals surface area (Å²) in [5, 5.41) is 36.8. The fourth-order valence-electron chi connectivity index (χ4n) is 18.2. The van der Waals surface area contributed by atoms with Gasteiger partial charge in [0, 0.05) is 19.4 Å². The van der Waals surface area contributed by atoms with Crippen LogP contribution in [-0.2, 0) is 24.4 Å². The van der Waals surface area contributed by atoms with E-state index in [9.17, 15) is 33.3 Å². The topological polar surface area (TPSA) is 170 Å². The van der Waals surface area contributed by atoms with Crippen LogP contribution in [0.15, 0.2) is 0 Å². The Labute approximate surface area is 368 Å². The molecule has 11 heteroatoms. The van der Waals surface area contributed by atoms with Gasteiger partial charge < -0.3 is 25.4 Å². The molecule has 20 atom stereocenters. The van der Waals surface area contributed by atoms with Crippen LogP contribution >= 0.6 is 0 Å². The molecule has 0 aromatic carbocycles. The van der Waals surface area contributed by atoms with Gasteiger partial charge in [0.1, 0.15) is 6.10 Å². The van der Waals surface area contributed by atoms with Crippen LogP contribution in [0.2, 0.25) is 0 Å². The van der Waals surface area contributed by atoms with Gasteiger partial charge in [-0.05, 0) is 208 Å². The number of esters is 1. The first-order valence-electron chi connectivity index (χ1n) is 25.1. The van der Waals surface area contributed by atoms with Gasteiger partial charge in [-0.2, -0.15) is 8.42 Å². The van der Waals surface area contributed by atoms with E-state index in [1.165, 1.54) is 25.7 Å². The molecule has 0 spiro atoms. The van der Waals surface area contributed by atoms with Gasteiger partial charge in [0.15, 0.2) is 0 Å². The summed E-state index contributed by atoms with van der Waals surface area (Å²) in [6, 6.07) is 0. The number of aliphatic hydroxyl groups is 3. The number of hydrogen-bond donors (Lipinski definition) is 5. The van der Waals surface area contributed by atoms with E-state index in [1.807, 2.05) is 0 Å². The summed E-state index contributed by atoms with van der Waals surface area (Å²) in [5.74, 6) is 4.46. The molecule has 8 aliphatic carbocycles. The Kier molecular flexibility index (Phi) is 13.0. The molecule has 8 saturated carbocycles. The van der Waals surface area contributed by atoms with Crippen LogP contribution in [0.4, 0.5) is 0 Å². The molecule has 0 aromatic rings. The van der Waals surface area contributed by atoms with Crippen LogP contribution in [0.3, 0.4) is 0 Å². The van der Waals surface area contributed by atoms with E-state index < -0.39 is 15.9 Å². The Morgan fingerprint density at radius 2 is 1.11 bits per heavy atom. The zero-order chi connectivity index (χ0) is 43.9. The number of carbonyl (C=O) groups is 2. The highest BCUT2D eigenvalue weighted by Gasteiger charge is 2.65. The predicted molar refractivity (Wildman–Crippen MR) is 235 cm³/mol. The third-order valence-electron chi connectivity index (χ3n) is 21.4. The van der Waals surface area contributed by atoms with Crippen LogP contribution in [0.25, 0.3) is 0 Å². The molecule has 0 heterocycles. The molecular formula is C50H83NO9S. The Bertz CT molecular complexity index is 1720. The lowest BCUT2D eigenvalue weighted by molar-refractivity contribution is -0.183. The highest BCUT2D eigenvalue weighted by molar-refractivity contribution is 7.85. The predicted octanol–water partition coefficient (Wildman–Crippen LogP) is 8.36. The smallest absolute Gasteiger partial charge is 0.306 e. The quantitative estimate of drug-likeness (QED) is 0.0956. The van der Waals surface area contributed by atoms with E-state index >= 15 is 0 Å². The van der Waals surface area contributed by atoms with Gasteiger partial charge in [-0.3, -0.25) is 14.1 Å². The van der Waals surface area contributed by atoms with Gasteiger partial charge in [0.25, 0.3) is 10.1 Å².